The van der Waals surface area contributed by atoms with Crippen molar-refractivity contribution in [2.45, 2.75) is 165 Å². The zero-order valence-corrected chi connectivity index (χ0v) is 31.3. The summed E-state index contributed by atoms with van der Waals surface area (Å²) >= 11 is 0. The van der Waals surface area contributed by atoms with Gasteiger partial charge in [0.2, 0.25) is 0 Å². The number of allylic oxidation sites excluding steroid dienone is 4. The van der Waals surface area contributed by atoms with Crippen LogP contribution in [-0.4, -0.2) is 22.0 Å². The average molecular weight is 860 g/mol. The van der Waals surface area contributed by atoms with Gasteiger partial charge in [-0.1, -0.05) is 49.6 Å². The average Bonchev–Trinajstić information content (AvgIpc) is 2.98. The molecule has 0 unspecified atom stereocenters. The number of hydrogen-bond acceptors (Lipinski definition) is 1. The summed E-state index contributed by atoms with van der Waals surface area (Å²) < 4.78 is 59.2. The van der Waals surface area contributed by atoms with Crippen LogP contribution in [-0.2, 0) is 32.9 Å². The van der Waals surface area contributed by atoms with Gasteiger partial charge in [0.15, 0.2) is 0 Å². The molecule has 0 spiro atoms. The summed E-state index contributed by atoms with van der Waals surface area (Å²) in [4.78, 5) is 4.32. The van der Waals surface area contributed by atoms with Crippen LogP contribution in [0.3, 0.4) is 0 Å². The molecule has 3 saturated carbocycles. The minimum absolute atomic E-state index is 0. The van der Waals surface area contributed by atoms with Crippen molar-refractivity contribution in [1.29, 1.82) is 0 Å². The molecule has 1 heterocycles. The van der Waals surface area contributed by atoms with Gasteiger partial charge in [-0.15, -0.1) is 0 Å². The van der Waals surface area contributed by atoms with Crippen LogP contribution in [0.15, 0.2) is 42.6 Å². The molecule has 5 aliphatic carbocycles. The molecule has 45 heavy (non-hydrogen) atoms. The fraction of sp³-hybridized carbons (Fsp3) is 0.743. The Morgan fingerprint density at radius 3 is 1.24 bits per heavy atom. The van der Waals surface area contributed by atoms with E-state index in [1.807, 2.05) is 12.3 Å². The third-order valence-electron chi connectivity index (χ3n) is 9.66. The molecule has 6 rings (SSSR count). The van der Waals surface area contributed by atoms with E-state index in [4.69, 9.17) is 0 Å². The van der Waals surface area contributed by atoms with Crippen LogP contribution < -0.4 is 0 Å². The maximum Gasteiger partial charge on any atom is 0.0435 e. The van der Waals surface area contributed by atoms with Gasteiger partial charge in [-0.2, -0.15) is 0 Å². The van der Waals surface area contributed by atoms with Crippen molar-refractivity contribution < 1.29 is 45.3 Å². The first-order chi connectivity index (χ1) is 20.9. The van der Waals surface area contributed by atoms with E-state index in [0.717, 1.165) is 0 Å². The first-order valence-corrected chi connectivity index (χ1v) is 21.3. The molecule has 263 valence electrons. The molecular formula is C35H57F6IrNP2. The number of halogens is 6. The monoisotopic (exact) mass is 860 g/mol. The van der Waals surface area contributed by atoms with Crippen molar-refractivity contribution in [3.05, 3.63) is 53.9 Å². The normalized spacial score (nSPS) is 24.4. The molecule has 0 aliphatic heterocycles. The van der Waals surface area contributed by atoms with Gasteiger partial charge in [0, 0.05) is 39.9 Å². The van der Waals surface area contributed by atoms with Gasteiger partial charge in [0.25, 0.3) is 0 Å². The van der Waals surface area contributed by atoms with E-state index in [0.29, 0.717) is 0 Å². The summed E-state index contributed by atoms with van der Waals surface area (Å²) in [7, 11) is -10.7. The molecule has 0 saturated heterocycles. The van der Waals surface area contributed by atoms with Crippen LogP contribution in [0.4, 0.5) is 25.2 Å². The van der Waals surface area contributed by atoms with Gasteiger partial charge < -0.3 is 0 Å². The molecule has 5 aliphatic rings. The summed E-state index contributed by atoms with van der Waals surface area (Å²) in [6, 6.07) is 4.23. The SMILES string of the molecule is C1=C\CC/C=C\CC/1.C1CCC([PH+](C2CCCCC2)C2CCCCC2)CC1.F[P-](F)(F)(F)(F)F.[Ir].c1cnc2c(c1)CCCC2. The molecular weight excluding hydrogens is 803 g/mol. The fourth-order valence-electron chi connectivity index (χ4n) is 7.70. The van der Waals surface area contributed by atoms with E-state index in [-0.39, 0.29) is 28.0 Å². The summed E-state index contributed by atoms with van der Waals surface area (Å²) in [6.45, 7) is 0. The number of nitrogens with zero attached hydrogens (tertiary/aromatic N) is 1. The Labute approximate surface area is 283 Å². The number of aromatic nitrogens is 1. The van der Waals surface area contributed by atoms with Gasteiger partial charge in [0.1, 0.15) is 0 Å². The second-order valence-corrected chi connectivity index (χ2v) is 18.7. The molecule has 10 heteroatoms. The first-order valence-electron chi connectivity index (χ1n) is 17.5. The Morgan fingerprint density at radius 1 is 0.533 bits per heavy atom. The van der Waals surface area contributed by atoms with Gasteiger partial charge >= 0.3 is 33.0 Å². The molecule has 1 aromatic heterocycles. The van der Waals surface area contributed by atoms with E-state index >= 15 is 0 Å². The summed E-state index contributed by atoms with van der Waals surface area (Å²) in [6.07, 6.45) is 44.8. The minimum atomic E-state index is -10.7. The molecule has 0 N–H and O–H groups in total. The summed E-state index contributed by atoms with van der Waals surface area (Å²) in [5, 5.41) is 0. The largest absolute Gasteiger partial charge is 0.261 e. The maximum atomic E-state index is 9.87. The zero-order valence-electron chi connectivity index (χ0n) is 27.0. The Morgan fingerprint density at radius 2 is 0.889 bits per heavy atom. The predicted molar refractivity (Wildman–Crippen MR) is 180 cm³/mol. The summed E-state index contributed by atoms with van der Waals surface area (Å²) in [5.41, 5.74) is 6.47. The van der Waals surface area contributed by atoms with Crippen molar-refractivity contribution in [1.82, 2.24) is 4.98 Å². The van der Waals surface area contributed by atoms with Gasteiger partial charge in [-0.3, -0.25) is 4.98 Å². The standard InChI is InChI=1S/C18H33P.C9H11N.C8H12.F6P.Ir/c1-4-10-16(11-5-1)19(17-12-6-2-7-13-17)18-14-8-3-9-15-18;1-2-6-9-8(4-1)5-3-7-10-9;1-2-4-6-8-7-5-3-1;1-7(2,3,4,5)6;/h16-18H,1-15H2;3,5,7H,1-2,4,6H2;1-2,7-8H,3-6H2;;/q;;;-1;/p+1/b;;2-1-,8-7-;;. The van der Waals surface area contributed by atoms with Crippen molar-refractivity contribution in [3.63, 3.8) is 0 Å². The van der Waals surface area contributed by atoms with Gasteiger partial charge in [0.05, 0.1) is 17.0 Å². The van der Waals surface area contributed by atoms with E-state index in [9.17, 15) is 25.2 Å². The molecule has 1 aromatic rings. The zero-order chi connectivity index (χ0) is 31.8. The van der Waals surface area contributed by atoms with Crippen LogP contribution in [0.5, 0.6) is 0 Å². The topological polar surface area (TPSA) is 12.9 Å². The minimum Gasteiger partial charge on any atom is -0.261 e. The quantitative estimate of drug-likeness (QED) is 0.168. The van der Waals surface area contributed by atoms with E-state index in [1.165, 1.54) is 79.6 Å². The van der Waals surface area contributed by atoms with Crippen LogP contribution in [0.2, 0.25) is 0 Å². The number of fused-ring (bicyclic) bond motifs is 1. The number of hydrogen-bond donors (Lipinski definition) is 0. The van der Waals surface area contributed by atoms with Crippen molar-refractivity contribution in [2.24, 2.45) is 0 Å². The third kappa shape index (κ3) is 20.0. The van der Waals surface area contributed by atoms with Crippen LogP contribution in [0, 0.1) is 0 Å². The van der Waals surface area contributed by atoms with Crippen LogP contribution >= 0.6 is 15.7 Å². The van der Waals surface area contributed by atoms with E-state index in [1.54, 1.807) is 96.3 Å². The Hall–Kier alpha value is -0.281. The number of aryl methyl sites for hydroxylation is 2. The van der Waals surface area contributed by atoms with Crippen molar-refractivity contribution >= 4 is 15.7 Å². The Kier molecular flexibility index (Phi) is 17.9. The second-order valence-electron chi connectivity index (χ2n) is 13.4. The predicted octanol–water partition coefficient (Wildman–Crippen LogP) is 14.2. The Bertz CT molecular complexity index is 894. The molecule has 0 bridgehead atoms. The van der Waals surface area contributed by atoms with Crippen LogP contribution in [0.25, 0.3) is 0 Å². The molecule has 1 nitrogen and oxygen atoms in total. The Balaban J connectivity index is 0.000000229. The second kappa shape index (κ2) is 19.7. The molecule has 1 radical (unpaired) electrons. The molecule has 0 amide bonds. The molecule has 3 fully saturated rings. The van der Waals surface area contributed by atoms with Gasteiger partial charge in [-0.25, -0.2) is 0 Å². The van der Waals surface area contributed by atoms with Gasteiger partial charge in [-0.05, 0) is 140 Å². The van der Waals surface area contributed by atoms with Crippen molar-refractivity contribution in [2.75, 3.05) is 0 Å². The van der Waals surface area contributed by atoms with Crippen LogP contribution in [0.1, 0.15) is 146 Å². The summed E-state index contributed by atoms with van der Waals surface area (Å²) in [5.74, 6) is 0. The third-order valence-corrected chi connectivity index (χ3v) is 14.2. The number of pyridine rings is 1. The molecule has 0 atom stereocenters. The fourth-order valence-corrected chi connectivity index (χ4v) is 12.9. The van der Waals surface area contributed by atoms with Crippen molar-refractivity contribution in [3.8, 4) is 0 Å². The maximum absolute atomic E-state index is 10.7. The smallest absolute Gasteiger partial charge is 0.0435 e. The van der Waals surface area contributed by atoms with E-state index < -0.39 is 7.81 Å². The molecule has 0 aromatic carbocycles. The van der Waals surface area contributed by atoms with E-state index in [2.05, 4.69) is 35.4 Å². The number of rotatable bonds is 3. The first kappa shape index (κ1) is 40.9.